The zero-order valence-electron chi connectivity index (χ0n) is 9.55. The number of alkyl halides is 3. The molecule has 0 aromatic heterocycles. The van der Waals surface area contributed by atoms with Crippen LogP contribution < -0.4 is 5.43 Å². The molecule has 16 heavy (non-hydrogen) atoms. The Morgan fingerprint density at radius 3 is 1.94 bits per heavy atom. The minimum Gasteiger partial charge on any atom is -0.273 e. The summed E-state index contributed by atoms with van der Waals surface area (Å²) in [7, 11) is 0.862. The molecule has 0 bridgehead atoms. The smallest absolute Gasteiger partial charge is 0.273 e. The van der Waals surface area contributed by atoms with Crippen LogP contribution in [-0.4, -0.2) is 30.0 Å². The van der Waals surface area contributed by atoms with E-state index in [0.29, 0.717) is 0 Å². The second-order valence-electron chi connectivity index (χ2n) is 3.87. The summed E-state index contributed by atoms with van der Waals surface area (Å²) >= 11 is 0. The first-order valence-corrected chi connectivity index (χ1v) is 4.72. The Balaban J connectivity index is 4.42. The van der Waals surface area contributed by atoms with Crippen LogP contribution in [0.4, 0.5) is 13.2 Å². The second-order valence-corrected chi connectivity index (χ2v) is 3.87. The fourth-order valence-electron chi connectivity index (χ4n) is 0.811. The number of nitrogens with zero attached hydrogens (tertiary/aromatic N) is 1. The molecule has 7 heteroatoms. The zero-order valence-corrected chi connectivity index (χ0v) is 9.55. The van der Waals surface area contributed by atoms with E-state index < -0.39 is 23.9 Å². The molecule has 0 aromatic rings. The topological polar surface area (TPSA) is 49.4 Å². The summed E-state index contributed by atoms with van der Waals surface area (Å²) in [5.41, 5.74) is 1.89. The SMILES string of the molecule is CC(C)[C@@H](C)C(=O)NN(C)C(=O)C(F)(F)F. The quantitative estimate of drug-likeness (QED) is 0.740. The van der Waals surface area contributed by atoms with E-state index in [9.17, 15) is 22.8 Å². The molecule has 0 radical (unpaired) electrons. The minimum atomic E-state index is -4.98. The van der Waals surface area contributed by atoms with Gasteiger partial charge in [0.05, 0.1) is 0 Å². The number of carbonyl (C=O) groups is 2. The molecule has 0 aromatic carbocycles. The van der Waals surface area contributed by atoms with Gasteiger partial charge in [0.1, 0.15) is 0 Å². The van der Waals surface area contributed by atoms with Crippen LogP contribution in [0.3, 0.4) is 0 Å². The fraction of sp³-hybridized carbons (Fsp3) is 0.778. The summed E-state index contributed by atoms with van der Waals surface area (Å²) in [6, 6.07) is 0. The van der Waals surface area contributed by atoms with Gasteiger partial charge in [0.15, 0.2) is 0 Å². The Morgan fingerprint density at radius 2 is 1.62 bits per heavy atom. The lowest BCUT2D eigenvalue weighted by Gasteiger charge is -2.22. The maximum atomic E-state index is 12.0. The van der Waals surface area contributed by atoms with Crippen molar-refractivity contribution in [3.8, 4) is 0 Å². The van der Waals surface area contributed by atoms with E-state index >= 15 is 0 Å². The number of halogens is 3. The van der Waals surface area contributed by atoms with Crippen LogP contribution in [0.5, 0.6) is 0 Å². The van der Waals surface area contributed by atoms with Crippen molar-refractivity contribution in [3.05, 3.63) is 0 Å². The number of nitrogens with one attached hydrogen (secondary N) is 1. The highest BCUT2D eigenvalue weighted by molar-refractivity contribution is 5.85. The standard InChI is InChI=1S/C9H15F3N2O2/c1-5(2)6(3)7(15)13-14(4)8(16)9(10,11)12/h5-6H,1-4H3,(H,13,15)/t6-/m1/s1. The minimum absolute atomic E-state index is 0.0191. The fourth-order valence-corrected chi connectivity index (χ4v) is 0.811. The van der Waals surface area contributed by atoms with E-state index in [1.807, 2.05) is 5.43 Å². The molecule has 0 aliphatic carbocycles. The van der Waals surface area contributed by atoms with E-state index in [0.717, 1.165) is 7.05 Å². The number of carbonyl (C=O) groups excluding carboxylic acids is 2. The lowest BCUT2D eigenvalue weighted by Crippen LogP contribution is -2.50. The third-order valence-electron chi connectivity index (χ3n) is 2.24. The first kappa shape index (κ1) is 14.7. The Kier molecular flexibility index (Phi) is 4.77. The average Bonchev–Trinajstić information content (AvgIpc) is 2.13. The molecule has 2 amide bonds. The molecule has 0 unspecified atom stereocenters. The summed E-state index contributed by atoms with van der Waals surface area (Å²) in [4.78, 5) is 22.0. The van der Waals surface area contributed by atoms with E-state index in [-0.39, 0.29) is 10.9 Å². The highest BCUT2D eigenvalue weighted by Crippen LogP contribution is 2.17. The van der Waals surface area contributed by atoms with Crippen LogP contribution in [-0.2, 0) is 9.59 Å². The number of amides is 2. The third kappa shape index (κ3) is 4.08. The molecule has 1 N–H and O–H groups in total. The molecule has 0 heterocycles. The van der Waals surface area contributed by atoms with Gasteiger partial charge in [0.25, 0.3) is 0 Å². The second kappa shape index (κ2) is 5.18. The normalized spacial score (nSPS) is 13.5. The lowest BCUT2D eigenvalue weighted by atomic mass is 9.98. The first-order valence-electron chi connectivity index (χ1n) is 4.72. The number of hydrazine groups is 1. The van der Waals surface area contributed by atoms with Crippen molar-refractivity contribution >= 4 is 11.8 Å². The molecule has 0 rings (SSSR count). The van der Waals surface area contributed by atoms with Gasteiger partial charge in [-0.1, -0.05) is 20.8 Å². The van der Waals surface area contributed by atoms with E-state index in [2.05, 4.69) is 0 Å². The molecular weight excluding hydrogens is 225 g/mol. The molecule has 94 valence electrons. The van der Waals surface area contributed by atoms with Crippen LogP contribution in [0.25, 0.3) is 0 Å². The Labute approximate surface area is 91.8 Å². The summed E-state index contributed by atoms with van der Waals surface area (Å²) in [5.74, 6) is -3.20. The lowest BCUT2D eigenvalue weighted by molar-refractivity contribution is -0.188. The highest BCUT2D eigenvalue weighted by atomic mass is 19.4. The molecule has 4 nitrogen and oxygen atoms in total. The van der Waals surface area contributed by atoms with Crippen molar-refractivity contribution in [3.63, 3.8) is 0 Å². The zero-order chi connectivity index (χ0) is 13.1. The van der Waals surface area contributed by atoms with Gasteiger partial charge in [-0.2, -0.15) is 13.2 Å². The molecule has 0 aliphatic rings. The average molecular weight is 240 g/mol. The maximum absolute atomic E-state index is 12.0. The van der Waals surface area contributed by atoms with Gasteiger partial charge in [0.2, 0.25) is 5.91 Å². The van der Waals surface area contributed by atoms with Crippen molar-refractivity contribution in [2.75, 3.05) is 7.05 Å². The van der Waals surface area contributed by atoms with Crippen molar-refractivity contribution in [2.45, 2.75) is 26.9 Å². The van der Waals surface area contributed by atoms with E-state index in [1.165, 1.54) is 0 Å². The van der Waals surface area contributed by atoms with Crippen LogP contribution in [0, 0.1) is 11.8 Å². The van der Waals surface area contributed by atoms with Gasteiger partial charge >= 0.3 is 12.1 Å². The Hall–Kier alpha value is -1.27. The molecule has 0 aliphatic heterocycles. The third-order valence-corrected chi connectivity index (χ3v) is 2.24. The maximum Gasteiger partial charge on any atom is 0.473 e. The summed E-state index contributed by atoms with van der Waals surface area (Å²) < 4.78 is 35.9. The van der Waals surface area contributed by atoms with Crippen molar-refractivity contribution in [1.82, 2.24) is 10.4 Å². The van der Waals surface area contributed by atoms with Crippen LogP contribution in [0.1, 0.15) is 20.8 Å². The molecular formula is C9H15F3N2O2. The first-order chi connectivity index (χ1) is 7.07. The molecule has 0 fully saturated rings. The van der Waals surface area contributed by atoms with Crippen LogP contribution >= 0.6 is 0 Å². The van der Waals surface area contributed by atoms with Crippen molar-refractivity contribution < 1.29 is 22.8 Å². The Morgan fingerprint density at radius 1 is 1.19 bits per heavy atom. The van der Waals surface area contributed by atoms with Gasteiger partial charge in [-0.05, 0) is 5.92 Å². The summed E-state index contributed by atoms with van der Waals surface area (Å²) in [5, 5.41) is 0.154. The van der Waals surface area contributed by atoms with Gasteiger partial charge < -0.3 is 0 Å². The monoisotopic (exact) mass is 240 g/mol. The molecule has 0 spiro atoms. The van der Waals surface area contributed by atoms with E-state index in [4.69, 9.17) is 0 Å². The largest absolute Gasteiger partial charge is 0.473 e. The highest BCUT2D eigenvalue weighted by Gasteiger charge is 2.42. The van der Waals surface area contributed by atoms with Crippen molar-refractivity contribution in [1.29, 1.82) is 0 Å². The predicted molar refractivity (Wildman–Crippen MR) is 51.0 cm³/mol. The van der Waals surface area contributed by atoms with E-state index in [1.54, 1.807) is 20.8 Å². The van der Waals surface area contributed by atoms with Crippen LogP contribution in [0.2, 0.25) is 0 Å². The predicted octanol–water partition coefficient (Wildman–Crippen LogP) is 1.33. The number of hydrogen-bond acceptors (Lipinski definition) is 2. The van der Waals surface area contributed by atoms with Gasteiger partial charge in [-0.25, -0.2) is 5.01 Å². The van der Waals surface area contributed by atoms with Gasteiger partial charge in [-0.15, -0.1) is 0 Å². The molecule has 0 saturated heterocycles. The Bertz CT molecular complexity index is 276. The van der Waals surface area contributed by atoms with Gasteiger partial charge in [-0.3, -0.25) is 15.0 Å². The van der Waals surface area contributed by atoms with Gasteiger partial charge in [0, 0.05) is 13.0 Å². The molecule has 1 atom stereocenters. The summed E-state index contributed by atoms with van der Waals surface area (Å²) in [6.07, 6.45) is -4.98. The number of hydrogen-bond donors (Lipinski definition) is 1. The number of rotatable bonds is 2. The van der Waals surface area contributed by atoms with Crippen molar-refractivity contribution in [2.24, 2.45) is 11.8 Å². The van der Waals surface area contributed by atoms with Crippen LogP contribution in [0.15, 0.2) is 0 Å². The summed E-state index contributed by atoms with van der Waals surface area (Å²) in [6.45, 7) is 5.09. The molecule has 0 saturated carbocycles.